The number of hydrogen-bond donors (Lipinski definition) is 1. The molecule has 7 heteroatoms. The fourth-order valence-corrected chi connectivity index (χ4v) is 6.12. The average molecular weight is 293 g/mol. The second-order valence-electron chi connectivity index (χ2n) is 5.78. The van der Waals surface area contributed by atoms with Crippen molar-refractivity contribution in [2.75, 3.05) is 0 Å². The van der Waals surface area contributed by atoms with Gasteiger partial charge in [-0.3, -0.25) is 4.40 Å². The predicted octanol–water partition coefficient (Wildman–Crippen LogP) is 0.657. The number of nitrogens with zero attached hydrogens (tertiary/aromatic N) is 3. The van der Waals surface area contributed by atoms with Gasteiger partial charge in [0.15, 0.2) is 9.84 Å². The van der Waals surface area contributed by atoms with Crippen molar-refractivity contribution in [1.29, 1.82) is 0 Å². The smallest absolute Gasteiger partial charge is 0.233 e. The molecule has 4 rings (SSSR count). The van der Waals surface area contributed by atoms with E-state index in [-0.39, 0.29) is 12.8 Å². The Morgan fingerprint density at radius 1 is 1.25 bits per heavy atom. The first kappa shape index (κ1) is 12.3. The van der Waals surface area contributed by atoms with Crippen LogP contribution in [0, 0.1) is 0 Å². The van der Waals surface area contributed by atoms with Crippen molar-refractivity contribution in [3.8, 4) is 0 Å². The van der Waals surface area contributed by atoms with E-state index >= 15 is 0 Å². The van der Waals surface area contributed by atoms with E-state index in [9.17, 15) is 13.5 Å². The van der Waals surface area contributed by atoms with Crippen LogP contribution in [0.15, 0.2) is 24.7 Å². The van der Waals surface area contributed by atoms with E-state index in [0.29, 0.717) is 24.3 Å². The molecular weight excluding hydrogens is 278 g/mol. The summed E-state index contributed by atoms with van der Waals surface area (Å²) in [5.74, 6) is 0.525. The van der Waals surface area contributed by atoms with Crippen LogP contribution in [0.2, 0.25) is 0 Å². The summed E-state index contributed by atoms with van der Waals surface area (Å²) >= 11 is 0. The van der Waals surface area contributed by atoms with E-state index < -0.39 is 25.9 Å². The average Bonchev–Trinajstić information content (AvgIpc) is 2.88. The molecule has 0 spiro atoms. The second-order valence-corrected chi connectivity index (χ2v) is 8.29. The molecule has 4 heterocycles. The Bertz CT molecular complexity index is 763. The van der Waals surface area contributed by atoms with Crippen LogP contribution in [0.4, 0.5) is 0 Å². The van der Waals surface area contributed by atoms with Crippen LogP contribution < -0.4 is 0 Å². The van der Waals surface area contributed by atoms with E-state index in [2.05, 4.69) is 9.97 Å². The van der Waals surface area contributed by atoms with Gasteiger partial charge in [0.2, 0.25) is 5.78 Å². The van der Waals surface area contributed by atoms with Gasteiger partial charge in [0.1, 0.15) is 5.60 Å². The normalized spacial score (nSPS) is 35.5. The number of imidazole rings is 1. The molecule has 20 heavy (non-hydrogen) atoms. The molecule has 6 nitrogen and oxygen atoms in total. The number of aromatic nitrogens is 3. The van der Waals surface area contributed by atoms with Crippen LogP contribution in [0.1, 0.15) is 31.4 Å². The molecule has 106 valence electrons. The summed E-state index contributed by atoms with van der Waals surface area (Å²) in [6, 6.07) is 1.77. The van der Waals surface area contributed by atoms with Crippen LogP contribution in [0.25, 0.3) is 5.78 Å². The highest BCUT2D eigenvalue weighted by atomic mass is 32.2. The lowest BCUT2D eigenvalue weighted by molar-refractivity contribution is 0.0123. The van der Waals surface area contributed by atoms with Crippen LogP contribution in [0.5, 0.6) is 0 Å². The van der Waals surface area contributed by atoms with Crippen LogP contribution in [0.3, 0.4) is 0 Å². The topological polar surface area (TPSA) is 84.6 Å². The molecule has 0 amide bonds. The Labute approximate surface area is 116 Å². The largest absolute Gasteiger partial charge is 0.383 e. The highest BCUT2D eigenvalue weighted by molar-refractivity contribution is 7.93. The third-order valence-electron chi connectivity index (χ3n) is 4.64. The fourth-order valence-electron chi connectivity index (χ4n) is 3.63. The van der Waals surface area contributed by atoms with E-state index in [1.165, 1.54) is 0 Å². The highest BCUT2D eigenvalue weighted by Gasteiger charge is 2.54. The first-order valence-corrected chi connectivity index (χ1v) is 8.35. The summed E-state index contributed by atoms with van der Waals surface area (Å²) in [5.41, 5.74) is -0.480. The minimum Gasteiger partial charge on any atom is -0.383 e. The summed E-state index contributed by atoms with van der Waals surface area (Å²) in [6.45, 7) is 0. The molecule has 0 radical (unpaired) electrons. The lowest BCUT2D eigenvalue weighted by Crippen LogP contribution is -2.43. The minimum atomic E-state index is -3.05. The summed E-state index contributed by atoms with van der Waals surface area (Å²) in [7, 11) is -3.05. The molecule has 0 saturated carbocycles. The van der Waals surface area contributed by atoms with Crippen molar-refractivity contribution >= 4 is 15.6 Å². The number of fused-ring (bicyclic) bond motifs is 3. The van der Waals surface area contributed by atoms with Gasteiger partial charge in [-0.2, -0.15) is 0 Å². The first-order chi connectivity index (χ1) is 9.51. The quantitative estimate of drug-likeness (QED) is 0.835. The molecule has 2 bridgehead atoms. The monoisotopic (exact) mass is 293 g/mol. The third kappa shape index (κ3) is 1.50. The van der Waals surface area contributed by atoms with E-state index in [0.717, 1.165) is 0 Å². The Hall–Kier alpha value is -1.47. The molecule has 2 aliphatic rings. The van der Waals surface area contributed by atoms with Crippen molar-refractivity contribution in [3.05, 3.63) is 30.4 Å². The minimum absolute atomic E-state index is 0.258. The standard InChI is InChI=1S/C13H15N3O3S/c17-13(6-9-2-3-10(7-13)20(9,18)19)11-8-15-12-14-4-1-5-16(11)12/h1,4-5,8-10,17H,2-3,6-7H2. The fraction of sp³-hybridized carbons (Fsp3) is 0.538. The van der Waals surface area contributed by atoms with Gasteiger partial charge in [-0.15, -0.1) is 0 Å². The summed E-state index contributed by atoms with van der Waals surface area (Å²) in [6.07, 6.45) is 6.89. The molecule has 0 aromatic carbocycles. The van der Waals surface area contributed by atoms with Gasteiger partial charge in [0.05, 0.1) is 22.4 Å². The Morgan fingerprint density at radius 2 is 1.95 bits per heavy atom. The lowest BCUT2D eigenvalue weighted by Gasteiger charge is -2.35. The molecule has 0 aliphatic carbocycles. The number of sulfone groups is 1. The SMILES string of the molecule is O=S1(=O)C2CCC1CC(O)(c1cnc3ncccn13)C2. The van der Waals surface area contributed by atoms with Crippen LogP contribution in [-0.2, 0) is 15.4 Å². The first-order valence-electron chi connectivity index (χ1n) is 6.74. The van der Waals surface area contributed by atoms with Crippen molar-refractivity contribution in [2.24, 2.45) is 0 Å². The molecule has 2 fully saturated rings. The zero-order valence-corrected chi connectivity index (χ0v) is 11.6. The van der Waals surface area contributed by atoms with Gasteiger partial charge in [-0.25, -0.2) is 18.4 Å². The second kappa shape index (κ2) is 3.79. The van der Waals surface area contributed by atoms with Crippen molar-refractivity contribution in [1.82, 2.24) is 14.4 Å². The number of hydrogen-bond acceptors (Lipinski definition) is 5. The number of rotatable bonds is 1. The highest BCUT2D eigenvalue weighted by Crippen LogP contribution is 2.47. The van der Waals surface area contributed by atoms with E-state index in [1.54, 1.807) is 29.1 Å². The lowest BCUT2D eigenvalue weighted by atomic mass is 9.90. The zero-order valence-electron chi connectivity index (χ0n) is 10.8. The predicted molar refractivity (Wildman–Crippen MR) is 71.8 cm³/mol. The van der Waals surface area contributed by atoms with E-state index in [4.69, 9.17) is 0 Å². The molecule has 2 saturated heterocycles. The zero-order chi connectivity index (χ0) is 14.0. The molecule has 2 aliphatic heterocycles. The van der Waals surface area contributed by atoms with Gasteiger partial charge in [-0.05, 0) is 31.7 Å². The third-order valence-corrected chi connectivity index (χ3v) is 7.30. The Morgan fingerprint density at radius 3 is 2.65 bits per heavy atom. The molecular formula is C13H15N3O3S. The number of aliphatic hydroxyl groups is 1. The summed E-state index contributed by atoms with van der Waals surface area (Å²) in [5, 5.41) is 10.1. The van der Waals surface area contributed by atoms with Crippen molar-refractivity contribution < 1.29 is 13.5 Å². The van der Waals surface area contributed by atoms with E-state index in [1.807, 2.05) is 0 Å². The molecule has 2 aromatic rings. The van der Waals surface area contributed by atoms with Gasteiger partial charge in [-0.1, -0.05) is 0 Å². The molecule has 2 unspecified atom stereocenters. The van der Waals surface area contributed by atoms with Crippen LogP contribution in [-0.4, -0.2) is 38.4 Å². The van der Waals surface area contributed by atoms with Crippen molar-refractivity contribution in [3.63, 3.8) is 0 Å². The Kier molecular flexibility index (Phi) is 2.33. The maximum Gasteiger partial charge on any atom is 0.233 e. The molecule has 2 aromatic heterocycles. The summed E-state index contributed by atoms with van der Waals surface area (Å²) in [4.78, 5) is 8.32. The van der Waals surface area contributed by atoms with Crippen LogP contribution >= 0.6 is 0 Å². The van der Waals surface area contributed by atoms with Gasteiger partial charge < -0.3 is 5.11 Å². The van der Waals surface area contributed by atoms with Crippen molar-refractivity contribution in [2.45, 2.75) is 41.8 Å². The van der Waals surface area contributed by atoms with Gasteiger partial charge in [0, 0.05) is 12.4 Å². The summed E-state index contributed by atoms with van der Waals surface area (Å²) < 4.78 is 26.0. The maximum absolute atomic E-state index is 12.2. The Balaban J connectivity index is 1.83. The molecule has 2 atom stereocenters. The van der Waals surface area contributed by atoms with Gasteiger partial charge in [0.25, 0.3) is 0 Å². The van der Waals surface area contributed by atoms with Gasteiger partial charge >= 0.3 is 0 Å². The molecule has 1 N–H and O–H groups in total. The maximum atomic E-state index is 12.2.